The molecule has 0 atom stereocenters. The minimum absolute atomic E-state index is 0.153. The van der Waals surface area contributed by atoms with Gasteiger partial charge in [0.15, 0.2) is 5.78 Å². The summed E-state index contributed by atoms with van der Waals surface area (Å²) in [5, 5.41) is 0. The van der Waals surface area contributed by atoms with Crippen LogP contribution < -0.4 is 5.73 Å². The first-order chi connectivity index (χ1) is 7.53. The lowest BCUT2D eigenvalue weighted by molar-refractivity contribution is -0.114. The van der Waals surface area contributed by atoms with E-state index in [0.29, 0.717) is 12.3 Å². The van der Waals surface area contributed by atoms with Crippen molar-refractivity contribution in [3.05, 3.63) is 11.8 Å². The van der Waals surface area contributed by atoms with Gasteiger partial charge >= 0.3 is 0 Å². The standard InChI is InChI=1S/C14H25NO/c1-4-5-6-7-12(16)10-13(15)14(8-9-14)11(2)3/h10-11H,4-9,15H2,1-3H3. The van der Waals surface area contributed by atoms with Gasteiger partial charge in [-0.1, -0.05) is 33.6 Å². The summed E-state index contributed by atoms with van der Waals surface area (Å²) in [5.74, 6) is 0.755. The van der Waals surface area contributed by atoms with E-state index in [-0.39, 0.29) is 11.2 Å². The van der Waals surface area contributed by atoms with Gasteiger partial charge in [0.25, 0.3) is 0 Å². The van der Waals surface area contributed by atoms with Gasteiger partial charge in [-0.05, 0) is 25.2 Å². The van der Waals surface area contributed by atoms with Gasteiger partial charge in [-0.3, -0.25) is 4.79 Å². The van der Waals surface area contributed by atoms with E-state index in [0.717, 1.165) is 37.8 Å². The first-order valence-corrected chi connectivity index (χ1v) is 6.53. The highest BCUT2D eigenvalue weighted by molar-refractivity contribution is 5.90. The summed E-state index contributed by atoms with van der Waals surface area (Å²) < 4.78 is 0. The van der Waals surface area contributed by atoms with E-state index in [9.17, 15) is 4.79 Å². The number of allylic oxidation sites excluding steroid dienone is 2. The fourth-order valence-corrected chi connectivity index (χ4v) is 2.27. The number of hydrogen-bond acceptors (Lipinski definition) is 2. The van der Waals surface area contributed by atoms with Crippen LogP contribution in [0.5, 0.6) is 0 Å². The van der Waals surface area contributed by atoms with Crippen LogP contribution in [0.15, 0.2) is 11.8 Å². The van der Waals surface area contributed by atoms with Gasteiger partial charge in [-0.25, -0.2) is 0 Å². The fraction of sp³-hybridized carbons (Fsp3) is 0.786. The molecule has 16 heavy (non-hydrogen) atoms. The molecule has 92 valence electrons. The second-order valence-corrected chi connectivity index (χ2v) is 5.33. The Kier molecular flexibility index (Phi) is 4.57. The highest BCUT2D eigenvalue weighted by atomic mass is 16.1. The van der Waals surface area contributed by atoms with Crippen molar-refractivity contribution in [1.29, 1.82) is 0 Å². The normalized spacial score (nSPS) is 18.9. The summed E-state index contributed by atoms with van der Waals surface area (Å²) in [5.41, 5.74) is 7.04. The first kappa shape index (κ1) is 13.3. The maximum atomic E-state index is 11.7. The molecule has 2 N–H and O–H groups in total. The van der Waals surface area contributed by atoms with Crippen LogP contribution in [-0.4, -0.2) is 5.78 Å². The largest absolute Gasteiger partial charge is 0.401 e. The molecule has 0 aromatic heterocycles. The highest BCUT2D eigenvalue weighted by Gasteiger charge is 2.47. The molecule has 1 fully saturated rings. The second-order valence-electron chi connectivity index (χ2n) is 5.33. The smallest absolute Gasteiger partial charge is 0.157 e. The molecule has 0 unspecified atom stereocenters. The zero-order chi connectivity index (χ0) is 12.2. The summed E-state index contributed by atoms with van der Waals surface area (Å²) in [6.07, 6.45) is 7.93. The summed E-state index contributed by atoms with van der Waals surface area (Å²) >= 11 is 0. The first-order valence-electron chi connectivity index (χ1n) is 6.53. The molecule has 1 aliphatic rings. The van der Waals surface area contributed by atoms with Gasteiger partial charge in [0.2, 0.25) is 0 Å². The molecular weight excluding hydrogens is 198 g/mol. The van der Waals surface area contributed by atoms with Gasteiger partial charge in [-0.15, -0.1) is 0 Å². The van der Waals surface area contributed by atoms with Gasteiger partial charge in [0, 0.05) is 23.6 Å². The Bertz CT molecular complexity index is 274. The Balaban J connectivity index is 2.47. The maximum Gasteiger partial charge on any atom is 0.157 e. The maximum absolute atomic E-state index is 11.7. The topological polar surface area (TPSA) is 43.1 Å². The molecule has 0 bridgehead atoms. The van der Waals surface area contributed by atoms with Gasteiger partial charge in [0.05, 0.1) is 0 Å². The molecule has 1 rings (SSSR count). The molecule has 2 heteroatoms. The van der Waals surface area contributed by atoms with Crippen LogP contribution in [0.3, 0.4) is 0 Å². The summed E-state index contributed by atoms with van der Waals surface area (Å²) in [7, 11) is 0. The van der Waals surface area contributed by atoms with Gasteiger partial charge in [0.1, 0.15) is 0 Å². The van der Waals surface area contributed by atoms with E-state index in [2.05, 4.69) is 20.8 Å². The SMILES string of the molecule is CCCCCC(=O)C=C(N)C1(C(C)C)CC1. The third-order valence-electron chi connectivity index (χ3n) is 3.81. The van der Waals surface area contributed by atoms with Crippen LogP contribution in [0, 0.1) is 11.3 Å². The van der Waals surface area contributed by atoms with Crippen molar-refractivity contribution in [2.45, 2.75) is 59.3 Å². The number of unbranched alkanes of at least 4 members (excludes halogenated alkanes) is 2. The zero-order valence-corrected chi connectivity index (χ0v) is 10.9. The monoisotopic (exact) mass is 223 g/mol. The predicted octanol–water partition coefficient (Wildman–Crippen LogP) is 3.41. The highest BCUT2D eigenvalue weighted by Crippen LogP contribution is 2.55. The van der Waals surface area contributed by atoms with Crippen molar-refractivity contribution in [3.8, 4) is 0 Å². The minimum Gasteiger partial charge on any atom is -0.401 e. The number of hydrogen-bond donors (Lipinski definition) is 1. The molecule has 2 nitrogen and oxygen atoms in total. The van der Waals surface area contributed by atoms with Crippen molar-refractivity contribution < 1.29 is 4.79 Å². The third-order valence-corrected chi connectivity index (χ3v) is 3.81. The van der Waals surface area contributed by atoms with Gasteiger partial charge in [-0.2, -0.15) is 0 Å². The summed E-state index contributed by atoms with van der Waals surface area (Å²) in [6.45, 7) is 6.52. The molecule has 1 aliphatic carbocycles. The van der Waals surface area contributed by atoms with E-state index in [1.165, 1.54) is 0 Å². The van der Waals surface area contributed by atoms with Crippen molar-refractivity contribution in [2.24, 2.45) is 17.1 Å². The summed E-state index contributed by atoms with van der Waals surface area (Å²) in [4.78, 5) is 11.7. The van der Waals surface area contributed by atoms with Crippen molar-refractivity contribution in [1.82, 2.24) is 0 Å². The zero-order valence-electron chi connectivity index (χ0n) is 10.9. The van der Waals surface area contributed by atoms with E-state index in [1.807, 2.05) is 0 Å². The number of nitrogens with two attached hydrogens (primary N) is 1. The lowest BCUT2D eigenvalue weighted by Crippen LogP contribution is -2.20. The number of rotatable bonds is 7. The third kappa shape index (κ3) is 3.10. The Morgan fingerprint density at radius 1 is 1.38 bits per heavy atom. The average molecular weight is 223 g/mol. The van der Waals surface area contributed by atoms with Crippen LogP contribution in [-0.2, 0) is 4.79 Å². The number of carbonyl (C=O) groups excluding carboxylic acids is 1. The Hall–Kier alpha value is -0.790. The molecule has 0 amide bonds. The minimum atomic E-state index is 0.153. The lowest BCUT2D eigenvalue weighted by atomic mass is 9.88. The Morgan fingerprint density at radius 2 is 2.00 bits per heavy atom. The quantitative estimate of drug-likeness (QED) is 0.531. The van der Waals surface area contributed by atoms with Crippen molar-refractivity contribution in [2.75, 3.05) is 0 Å². The van der Waals surface area contributed by atoms with Crippen molar-refractivity contribution in [3.63, 3.8) is 0 Å². The Labute approximate surface area is 99.3 Å². The lowest BCUT2D eigenvalue weighted by Gasteiger charge is -2.19. The van der Waals surface area contributed by atoms with Gasteiger partial charge < -0.3 is 5.73 Å². The van der Waals surface area contributed by atoms with Crippen LogP contribution in [0.4, 0.5) is 0 Å². The molecule has 0 saturated heterocycles. The van der Waals surface area contributed by atoms with E-state index >= 15 is 0 Å². The van der Waals surface area contributed by atoms with Crippen LogP contribution in [0.1, 0.15) is 59.3 Å². The predicted molar refractivity (Wildman–Crippen MR) is 67.9 cm³/mol. The molecule has 0 aliphatic heterocycles. The molecule has 0 radical (unpaired) electrons. The molecule has 1 saturated carbocycles. The average Bonchev–Trinajstić information content (AvgIpc) is 2.98. The second kappa shape index (κ2) is 5.51. The van der Waals surface area contributed by atoms with Crippen LogP contribution >= 0.6 is 0 Å². The van der Waals surface area contributed by atoms with Crippen LogP contribution in [0.25, 0.3) is 0 Å². The Morgan fingerprint density at radius 3 is 2.44 bits per heavy atom. The molecule has 0 aromatic carbocycles. The van der Waals surface area contributed by atoms with E-state index in [1.54, 1.807) is 6.08 Å². The van der Waals surface area contributed by atoms with E-state index < -0.39 is 0 Å². The number of carbonyl (C=O) groups is 1. The summed E-state index contributed by atoms with van der Waals surface area (Å²) in [6, 6.07) is 0. The van der Waals surface area contributed by atoms with Crippen LogP contribution in [0.2, 0.25) is 0 Å². The molecule has 0 heterocycles. The van der Waals surface area contributed by atoms with E-state index in [4.69, 9.17) is 5.73 Å². The number of ketones is 1. The fourth-order valence-electron chi connectivity index (χ4n) is 2.27. The molecule has 0 aromatic rings. The molecular formula is C14H25NO. The molecule has 0 spiro atoms. The van der Waals surface area contributed by atoms with Crippen molar-refractivity contribution >= 4 is 5.78 Å².